The molecule has 5 heteroatoms. The minimum Gasteiger partial charge on any atom is -0.388 e. The van der Waals surface area contributed by atoms with Gasteiger partial charge in [0.05, 0.1) is 5.84 Å². The largest absolute Gasteiger partial charge is 0.388 e. The number of nitrogens with zero attached hydrogens (tertiary/aromatic N) is 2. The Morgan fingerprint density at radius 3 is 2.82 bits per heavy atom. The zero-order valence-electron chi connectivity index (χ0n) is 10.3. The number of amidine groups is 1. The van der Waals surface area contributed by atoms with Crippen LogP contribution in [0.25, 0.3) is 0 Å². The number of pyridine rings is 1. The van der Waals surface area contributed by atoms with Crippen LogP contribution in [0.2, 0.25) is 0 Å². The smallest absolute Gasteiger partial charge is 0.165 e. The Labute approximate surface area is 101 Å². The highest BCUT2D eigenvalue weighted by Crippen LogP contribution is 2.16. The van der Waals surface area contributed by atoms with Gasteiger partial charge in [-0.2, -0.15) is 0 Å². The van der Waals surface area contributed by atoms with E-state index in [0.717, 1.165) is 0 Å². The summed E-state index contributed by atoms with van der Waals surface area (Å²) in [5.74, 6) is 0.498. The van der Waals surface area contributed by atoms with Crippen LogP contribution in [0.3, 0.4) is 0 Å². The van der Waals surface area contributed by atoms with Crippen molar-refractivity contribution in [1.29, 1.82) is 5.41 Å². The first-order valence-corrected chi connectivity index (χ1v) is 5.69. The van der Waals surface area contributed by atoms with E-state index < -0.39 is 0 Å². The average Bonchev–Trinajstić information content (AvgIpc) is 2.24. The van der Waals surface area contributed by atoms with Gasteiger partial charge in [0, 0.05) is 25.7 Å². The summed E-state index contributed by atoms with van der Waals surface area (Å²) in [6.45, 7) is 5.33. The Hall–Kier alpha value is -1.65. The molecule has 0 atom stereocenters. The molecule has 1 rings (SSSR count). The van der Waals surface area contributed by atoms with E-state index in [1.165, 1.54) is 6.07 Å². The first-order valence-electron chi connectivity index (χ1n) is 5.69. The highest BCUT2D eigenvalue weighted by Gasteiger charge is 2.14. The van der Waals surface area contributed by atoms with E-state index in [9.17, 15) is 4.39 Å². The molecule has 4 nitrogen and oxygen atoms in total. The van der Waals surface area contributed by atoms with Crippen molar-refractivity contribution in [2.75, 3.05) is 18.0 Å². The fourth-order valence-electron chi connectivity index (χ4n) is 1.59. The number of rotatable bonds is 6. The van der Waals surface area contributed by atoms with Crippen molar-refractivity contribution < 1.29 is 4.39 Å². The van der Waals surface area contributed by atoms with Crippen LogP contribution in [0.4, 0.5) is 10.2 Å². The molecule has 0 aliphatic heterocycles. The summed E-state index contributed by atoms with van der Waals surface area (Å²) in [6, 6.07) is 2.96. The molecule has 1 aromatic rings. The van der Waals surface area contributed by atoms with Crippen LogP contribution in [0, 0.1) is 17.1 Å². The first-order chi connectivity index (χ1) is 8.00. The van der Waals surface area contributed by atoms with Gasteiger partial charge in [0.1, 0.15) is 0 Å². The molecule has 17 heavy (non-hydrogen) atoms. The average molecular weight is 238 g/mol. The Kier molecular flexibility index (Phi) is 4.87. The van der Waals surface area contributed by atoms with E-state index >= 15 is 0 Å². The Morgan fingerprint density at radius 1 is 1.59 bits per heavy atom. The van der Waals surface area contributed by atoms with E-state index in [1.54, 1.807) is 12.3 Å². The maximum Gasteiger partial charge on any atom is 0.165 e. The van der Waals surface area contributed by atoms with Crippen LogP contribution >= 0.6 is 0 Å². The second kappa shape index (κ2) is 6.18. The van der Waals surface area contributed by atoms with Crippen LogP contribution in [0.15, 0.2) is 18.3 Å². The normalized spacial score (nSPS) is 10.6. The molecule has 0 aromatic carbocycles. The number of hydrogen-bond acceptors (Lipinski definition) is 3. The quantitative estimate of drug-likeness (QED) is 0.588. The lowest BCUT2D eigenvalue weighted by molar-refractivity contribution is 0.574. The third-order valence-corrected chi connectivity index (χ3v) is 2.28. The molecular formula is C12H19FN4. The van der Waals surface area contributed by atoms with Crippen LogP contribution in [-0.4, -0.2) is 23.9 Å². The van der Waals surface area contributed by atoms with Gasteiger partial charge in [-0.25, -0.2) is 9.37 Å². The molecule has 94 valence electrons. The minimum absolute atomic E-state index is 0.107. The van der Waals surface area contributed by atoms with Gasteiger partial charge in [0.15, 0.2) is 11.6 Å². The van der Waals surface area contributed by atoms with Gasteiger partial charge >= 0.3 is 0 Å². The molecule has 0 spiro atoms. The lowest BCUT2D eigenvalue weighted by Gasteiger charge is -2.25. The number of hydrogen-bond donors (Lipinski definition) is 2. The Balaban J connectivity index is 2.82. The number of halogens is 1. The maximum absolute atomic E-state index is 13.6. The fraction of sp³-hybridized carbons (Fsp3) is 0.500. The molecule has 0 saturated carbocycles. The van der Waals surface area contributed by atoms with E-state index in [0.29, 0.717) is 31.2 Å². The number of anilines is 1. The summed E-state index contributed by atoms with van der Waals surface area (Å²) >= 11 is 0. The Bertz CT molecular complexity index is 379. The molecule has 1 aromatic heterocycles. The Morgan fingerprint density at radius 2 is 2.29 bits per heavy atom. The number of nitrogens with one attached hydrogen (secondary N) is 1. The molecule has 0 aliphatic rings. The second-order valence-electron chi connectivity index (χ2n) is 4.42. The van der Waals surface area contributed by atoms with Crippen molar-refractivity contribution in [3.05, 3.63) is 24.1 Å². The summed E-state index contributed by atoms with van der Waals surface area (Å²) in [5, 5.41) is 7.22. The molecular weight excluding hydrogens is 219 g/mol. The molecule has 3 N–H and O–H groups in total. The van der Waals surface area contributed by atoms with Crippen molar-refractivity contribution in [1.82, 2.24) is 4.98 Å². The van der Waals surface area contributed by atoms with Gasteiger partial charge in [-0.1, -0.05) is 13.8 Å². The minimum atomic E-state index is -0.336. The summed E-state index contributed by atoms with van der Waals surface area (Å²) in [5.41, 5.74) is 5.33. The third kappa shape index (κ3) is 4.38. The molecule has 0 unspecified atom stereocenters. The molecule has 0 bridgehead atoms. The summed E-state index contributed by atoms with van der Waals surface area (Å²) < 4.78 is 13.6. The molecule has 0 fully saturated rings. The summed E-state index contributed by atoms with van der Waals surface area (Å²) in [6.07, 6.45) is 1.99. The van der Waals surface area contributed by atoms with Crippen LogP contribution < -0.4 is 10.6 Å². The van der Waals surface area contributed by atoms with Gasteiger partial charge in [-0.15, -0.1) is 0 Å². The van der Waals surface area contributed by atoms with E-state index in [2.05, 4.69) is 18.8 Å². The standard InChI is InChI=1S/C12H19FN4/c1-9(2)8-17(7-5-11(14)15)12-10(13)4-3-6-16-12/h3-4,6,9H,5,7-8H2,1-2H3,(H3,14,15). The lowest BCUT2D eigenvalue weighted by Crippen LogP contribution is -2.32. The second-order valence-corrected chi connectivity index (χ2v) is 4.42. The highest BCUT2D eigenvalue weighted by molar-refractivity contribution is 5.77. The van der Waals surface area contributed by atoms with Crippen molar-refractivity contribution in [2.45, 2.75) is 20.3 Å². The molecule has 1 heterocycles. The zero-order chi connectivity index (χ0) is 12.8. The first kappa shape index (κ1) is 13.4. The van der Waals surface area contributed by atoms with Gasteiger partial charge in [-0.3, -0.25) is 5.41 Å². The van der Waals surface area contributed by atoms with Gasteiger partial charge in [0.2, 0.25) is 0 Å². The zero-order valence-corrected chi connectivity index (χ0v) is 10.3. The predicted octanol–water partition coefficient (Wildman–Crippen LogP) is 2.01. The van der Waals surface area contributed by atoms with Gasteiger partial charge < -0.3 is 10.6 Å². The van der Waals surface area contributed by atoms with Gasteiger partial charge in [-0.05, 0) is 18.1 Å². The highest BCUT2D eigenvalue weighted by atomic mass is 19.1. The van der Waals surface area contributed by atoms with Crippen LogP contribution in [0.5, 0.6) is 0 Å². The molecule has 0 saturated heterocycles. The van der Waals surface area contributed by atoms with Crippen molar-refractivity contribution in [2.24, 2.45) is 11.7 Å². The van der Waals surface area contributed by atoms with Gasteiger partial charge in [0.25, 0.3) is 0 Å². The molecule has 0 radical (unpaired) electrons. The number of nitrogens with two attached hydrogens (primary N) is 1. The van der Waals surface area contributed by atoms with Crippen molar-refractivity contribution in [3.63, 3.8) is 0 Å². The van der Waals surface area contributed by atoms with Crippen LogP contribution in [0.1, 0.15) is 20.3 Å². The summed E-state index contributed by atoms with van der Waals surface area (Å²) in [7, 11) is 0. The maximum atomic E-state index is 13.6. The van der Waals surface area contributed by atoms with Crippen LogP contribution in [-0.2, 0) is 0 Å². The van der Waals surface area contributed by atoms with E-state index in [1.807, 2.05) is 4.90 Å². The van der Waals surface area contributed by atoms with Crippen molar-refractivity contribution in [3.8, 4) is 0 Å². The molecule has 0 amide bonds. The monoisotopic (exact) mass is 238 g/mol. The number of aromatic nitrogens is 1. The predicted molar refractivity (Wildman–Crippen MR) is 67.8 cm³/mol. The SMILES string of the molecule is CC(C)CN(CCC(=N)N)c1ncccc1F. The fourth-order valence-corrected chi connectivity index (χ4v) is 1.59. The topological polar surface area (TPSA) is 66.0 Å². The molecule has 0 aliphatic carbocycles. The van der Waals surface area contributed by atoms with E-state index in [-0.39, 0.29) is 11.7 Å². The summed E-state index contributed by atoms with van der Waals surface area (Å²) in [4.78, 5) is 5.88. The van der Waals surface area contributed by atoms with E-state index in [4.69, 9.17) is 11.1 Å². The third-order valence-electron chi connectivity index (χ3n) is 2.28. The van der Waals surface area contributed by atoms with Crippen molar-refractivity contribution >= 4 is 11.7 Å². The lowest BCUT2D eigenvalue weighted by atomic mass is 10.2.